The number of hydrazine groups is 1. The summed E-state index contributed by atoms with van der Waals surface area (Å²) in [4.78, 5) is 0. The van der Waals surface area contributed by atoms with Crippen LogP contribution in [0, 0.1) is 3.57 Å². The molecule has 100 valence electrons. The zero-order valence-electron chi connectivity index (χ0n) is 10.8. The second kappa shape index (κ2) is 6.88. The molecule has 0 saturated carbocycles. The van der Waals surface area contributed by atoms with Crippen molar-refractivity contribution in [2.45, 2.75) is 13.0 Å². The van der Waals surface area contributed by atoms with Gasteiger partial charge in [0.25, 0.3) is 0 Å². The lowest BCUT2D eigenvalue weighted by Gasteiger charge is -2.19. The quantitative estimate of drug-likeness (QED) is 0.484. The Morgan fingerprint density at radius 2 is 2.00 bits per heavy atom. The van der Waals surface area contributed by atoms with E-state index in [1.807, 2.05) is 37.3 Å². The van der Waals surface area contributed by atoms with Crippen LogP contribution in [0.4, 0.5) is 0 Å². The van der Waals surface area contributed by atoms with Gasteiger partial charge in [-0.2, -0.15) is 0 Å². The number of rotatable bonds is 5. The van der Waals surface area contributed by atoms with Crippen molar-refractivity contribution >= 4 is 22.6 Å². The van der Waals surface area contributed by atoms with Crippen LogP contribution in [0.1, 0.15) is 24.1 Å². The number of halogens is 1. The summed E-state index contributed by atoms with van der Waals surface area (Å²) in [7, 11) is 0. The molecule has 0 heterocycles. The molecule has 0 saturated heterocycles. The predicted molar refractivity (Wildman–Crippen MR) is 85.9 cm³/mol. The molecular weight excluding hydrogens is 351 g/mol. The van der Waals surface area contributed by atoms with E-state index in [0.29, 0.717) is 6.61 Å². The van der Waals surface area contributed by atoms with Gasteiger partial charge in [-0.05, 0) is 58.8 Å². The molecule has 0 aliphatic heterocycles. The minimum absolute atomic E-state index is 0.0338. The topological polar surface area (TPSA) is 47.3 Å². The van der Waals surface area contributed by atoms with Crippen LogP contribution in [0.5, 0.6) is 5.75 Å². The summed E-state index contributed by atoms with van der Waals surface area (Å²) >= 11 is 2.32. The molecule has 0 spiro atoms. The van der Waals surface area contributed by atoms with E-state index in [4.69, 9.17) is 10.6 Å². The van der Waals surface area contributed by atoms with Gasteiger partial charge in [0, 0.05) is 3.57 Å². The molecule has 2 rings (SSSR count). The van der Waals surface area contributed by atoms with Gasteiger partial charge >= 0.3 is 0 Å². The predicted octanol–water partition coefficient (Wildman–Crippen LogP) is 3.24. The summed E-state index contributed by atoms with van der Waals surface area (Å²) in [6.45, 7) is 2.64. The normalized spacial score (nSPS) is 12.2. The zero-order chi connectivity index (χ0) is 13.7. The SMILES string of the molecule is CCOc1cccc(C(NN)c2ccccc2I)c1. The van der Waals surface area contributed by atoms with Gasteiger partial charge in [0.15, 0.2) is 0 Å². The van der Waals surface area contributed by atoms with Crippen molar-refractivity contribution in [2.75, 3.05) is 6.61 Å². The Balaban J connectivity index is 2.37. The van der Waals surface area contributed by atoms with Crippen molar-refractivity contribution in [1.29, 1.82) is 0 Å². The van der Waals surface area contributed by atoms with Gasteiger partial charge in [0.1, 0.15) is 5.75 Å². The van der Waals surface area contributed by atoms with E-state index in [9.17, 15) is 0 Å². The first-order valence-corrected chi connectivity index (χ1v) is 7.27. The van der Waals surface area contributed by atoms with Crippen LogP contribution >= 0.6 is 22.6 Å². The van der Waals surface area contributed by atoms with E-state index >= 15 is 0 Å². The molecule has 3 nitrogen and oxygen atoms in total. The minimum Gasteiger partial charge on any atom is -0.494 e. The van der Waals surface area contributed by atoms with Crippen molar-refractivity contribution in [3.05, 3.63) is 63.2 Å². The molecule has 1 unspecified atom stereocenters. The molecule has 19 heavy (non-hydrogen) atoms. The second-order valence-corrected chi connectivity index (χ2v) is 5.29. The molecule has 2 aromatic carbocycles. The molecule has 0 amide bonds. The van der Waals surface area contributed by atoms with Crippen molar-refractivity contribution in [3.63, 3.8) is 0 Å². The zero-order valence-corrected chi connectivity index (χ0v) is 12.9. The Morgan fingerprint density at radius 3 is 2.68 bits per heavy atom. The molecule has 2 aromatic rings. The third kappa shape index (κ3) is 3.46. The Hall–Kier alpha value is -1.11. The maximum absolute atomic E-state index is 5.74. The molecule has 3 N–H and O–H groups in total. The number of hydrogen-bond donors (Lipinski definition) is 2. The molecule has 0 fully saturated rings. The highest BCUT2D eigenvalue weighted by atomic mass is 127. The van der Waals surface area contributed by atoms with E-state index in [1.54, 1.807) is 0 Å². The molecule has 0 bridgehead atoms. The average molecular weight is 368 g/mol. The van der Waals surface area contributed by atoms with Gasteiger partial charge in [-0.25, -0.2) is 5.43 Å². The van der Waals surface area contributed by atoms with E-state index < -0.39 is 0 Å². The molecule has 4 heteroatoms. The lowest BCUT2D eigenvalue weighted by atomic mass is 9.99. The number of nitrogens with one attached hydrogen (secondary N) is 1. The standard InChI is InChI=1S/C15H17IN2O/c1-2-19-12-7-5-6-11(10-12)15(18-17)13-8-3-4-9-14(13)16/h3-10,15,18H,2,17H2,1H3. The largest absolute Gasteiger partial charge is 0.494 e. The average Bonchev–Trinajstić information content (AvgIpc) is 2.43. The molecule has 0 aliphatic rings. The third-order valence-electron chi connectivity index (χ3n) is 2.89. The molecule has 0 aromatic heterocycles. The van der Waals surface area contributed by atoms with Gasteiger partial charge in [-0.3, -0.25) is 5.84 Å². The maximum atomic E-state index is 5.74. The highest BCUT2D eigenvalue weighted by Crippen LogP contribution is 2.27. The van der Waals surface area contributed by atoms with E-state index in [1.165, 1.54) is 9.13 Å². The maximum Gasteiger partial charge on any atom is 0.119 e. The van der Waals surface area contributed by atoms with E-state index in [0.717, 1.165) is 11.3 Å². The van der Waals surface area contributed by atoms with Gasteiger partial charge in [0.2, 0.25) is 0 Å². The highest BCUT2D eigenvalue weighted by molar-refractivity contribution is 14.1. The van der Waals surface area contributed by atoms with E-state index in [-0.39, 0.29) is 6.04 Å². The Morgan fingerprint density at radius 1 is 1.21 bits per heavy atom. The Labute approximate surface area is 127 Å². The second-order valence-electron chi connectivity index (χ2n) is 4.13. The van der Waals surface area contributed by atoms with Crippen LogP contribution < -0.4 is 16.0 Å². The van der Waals surface area contributed by atoms with Crippen LogP contribution in [0.15, 0.2) is 48.5 Å². The first kappa shape index (κ1) is 14.3. The fraction of sp³-hybridized carbons (Fsp3) is 0.200. The Kier molecular flexibility index (Phi) is 5.18. The van der Waals surface area contributed by atoms with Crippen LogP contribution in [0.3, 0.4) is 0 Å². The molecule has 1 atom stereocenters. The van der Waals surface area contributed by atoms with Crippen LogP contribution in [-0.4, -0.2) is 6.61 Å². The van der Waals surface area contributed by atoms with Crippen LogP contribution in [0.25, 0.3) is 0 Å². The monoisotopic (exact) mass is 368 g/mol. The highest BCUT2D eigenvalue weighted by Gasteiger charge is 2.15. The van der Waals surface area contributed by atoms with Crippen molar-refractivity contribution in [2.24, 2.45) is 5.84 Å². The summed E-state index contributed by atoms with van der Waals surface area (Å²) in [5, 5.41) is 0. The summed E-state index contributed by atoms with van der Waals surface area (Å²) < 4.78 is 6.72. The van der Waals surface area contributed by atoms with Gasteiger partial charge < -0.3 is 4.74 Å². The third-order valence-corrected chi connectivity index (χ3v) is 3.87. The summed E-state index contributed by atoms with van der Waals surface area (Å²) in [6.07, 6.45) is 0. The van der Waals surface area contributed by atoms with Crippen LogP contribution in [0.2, 0.25) is 0 Å². The van der Waals surface area contributed by atoms with Gasteiger partial charge in [-0.15, -0.1) is 0 Å². The first-order valence-electron chi connectivity index (χ1n) is 6.19. The van der Waals surface area contributed by atoms with Crippen molar-refractivity contribution in [1.82, 2.24) is 5.43 Å². The van der Waals surface area contributed by atoms with E-state index in [2.05, 4.69) is 46.2 Å². The lowest BCUT2D eigenvalue weighted by Crippen LogP contribution is -2.29. The van der Waals surface area contributed by atoms with Crippen molar-refractivity contribution < 1.29 is 4.74 Å². The number of nitrogens with two attached hydrogens (primary N) is 1. The van der Waals surface area contributed by atoms with Crippen molar-refractivity contribution in [3.8, 4) is 5.75 Å². The molecular formula is C15H17IN2O. The summed E-state index contributed by atoms with van der Waals surface area (Å²) in [5.74, 6) is 6.60. The minimum atomic E-state index is -0.0338. The fourth-order valence-corrected chi connectivity index (χ4v) is 2.72. The molecule has 0 aliphatic carbocycles. The summed E-state index contributed by atoms with van der Waals surface area (Å²) in [6, 6.07) is 16.2. The lowest BCUT2D eigenvalue weighted by molar-refractivity contribution is 0.339. The smallest absolute Gasteiger partial charge is 0.119 e. The van der Waals surface area contributed by atoms with Gasteiger partial charge in [-0.1, -0.05) is 30.3 Å². The fourth-order valence-electron chi connectivity index (χ4n) is 2.03. The number of benzene rings is 2. The molecule has 0 radical (unpaired) electrons. The number of ether oxygens (including phenoxy) is 1. The van der Waals surface area contributed by atoms with Crippen LogP contribution in [-0.2, 0) is 0 Å². The Bertz CT molecular complexity index is 545. The van der Waals surface area contributed by atoms with Gasteiger partial charge in [0.05, 0.1) is 12.6 Å². The summed E-state index contributed by atoms with van der Waals surface area (Å²) in [5.41, 5.74) is 5.15. The first-order chi connectivity index (χ1) is 9.26. The number of hydrogen-bond acceptors (Lipinski definition) is 3.